The first kappa shape index (κ1) is 19.1. The zero-order chi connectivity index (χ0) is 19.6. The molecule has 2 aromatic rings. The van der Waals surface area contributed by atoms with Gasteiger partial charge in [-0.15, -0.1) is 0 Å². The van der Waals surface area contributed by atoms with Crippen LogP contribution in [0.1, 0.15) is 34.3 Å². The molecular weight excluding hydrogens is 389 g/mol. The summed E-state index contributed by atoms with van der Waals surface area (Å²) >= 11 is 12.0. The number of Topliss-reactive ketones (excluding diaryl/α,β-unsaturated/α-hetero) is 1. The Kier molecular flexibility index (Phi) is 5.63. The number of hydrogen-bond donors (Lipinski definition) is 1. The highest BCUT2D eigenvalue weighted by Crippen LogP contribution is 2.32. The molecule has 1 atom stereocenters. The molecule has 1 aliphatic rings. The number of esters is 1. The molecule has 5 nitrogen and oxygen atoms in total. The second-order valence-corrected chi connectivity index (χ2v) is 6.83. The van der Waals surface area contributed by atoms with E-state index in [1.165, 1.54) is 6.08 Å². The van der Waals surface area contributed by atoms with Crippen molar-refractivity contribution in [3.05, 3.63) is 69.2 Å². The summed E-state index contributed by atoms with van der Waals surface area (Å²) in [4.78, 5) is 35.8. The highest BCUT2D eigenvalue weighted by molar-refractivity contribution is 6.37. The van der Waals surface area contributed by atoms with Crippen LogP contribution < -0.4 is 5.32 Å². The zero-order valence-corrected chi connectivity index (χ0v) is 15.8. The number of carbonyl (C=O) groups is 3. The van der Waals surface area contributed by atoms with Crippen molar-refractivity contribution in [3.8, 4) is 0 Å². The lowest BCUT2D eigenvalue weighted by Crippen LogP contribution is -2.13. The van der Waals surface area contributed by atoms with Crippen molar-refractivity contribution in [2.45, 2.75) is 12.8 Å². The third-order valence-corrected chi connectivity index (χ3v) is 4.88. The van der Waals surface area contributed by atoms with Crippen molar-refractivity contribution in [2.75, 3.05) is 11.9 Å². The van der Waals surface area contributed by atoms with Crippen molar-refractivity contribution in [1.82, 2.24) is 0 Å². The minimum Gasteiger partial charge on any atom is -0.454 e. The van der Waals surface area contributed by atoms with Gasteiger partial charge in [-0.05, 0) is 48.9 Å². The Morgan fingerprint density at radius 3 is 2.59 bits per heavy atom. The fourth-order valence-electron chi connectivity index (χ4n) is 2.68. The van der Waals surface area contributed by atoms with E-state index < -0.39 is 12.6 Å². The van der Waals surface area contributed by atoms with E-state index in [0.717, 1.165) is 11.6 Å². The first-order valence-corrected chi connectivity index (χ1v) is 8.89. The molecule has 0 bridgehead atoms. The lowest BCUT2D eigenvalue weighted by molar-refractivity contribution is -0.136. The van der Waals surface area contributed by atoms with Gasteiger partial charge in [0.1, 0.15) is 0 Å². The largest absolute Gasteiger partial charge is 0.454 e. The van der Waals surface area contributed by atoms with Crippen molar-refractivity contribution < 1.29 is 19.1 Å². The number of hydrogen-bond acceptors (Lipinski definition) is 4. The Labute approximate surface area is 165 Å². The molecule has 2 aromatic carbocycles. The number of fused-ring (bicyclic) bond motifs is 1. The van der Waals surface area contributed by atoms with Crippen molar-refractivity contribution >= 4 is 52.6 Å². The van der Waals surface area contributed by atoms with Gasteiger partial charge >= 0.3 is 5.97 Å². The van der Waals surface area contributed by atoms with E-state index in [0.29, 0.717) is 26.9 Å². The van der Waals surface area contributed by atoms with Gasteiger partial charge in [0.15, 0.2) is 12.4 Å². The van der Waals surface area contributed by atoms with E-state index >= 15 is 0 Å². The molecule has 0 aromatic heterocycles. The molecule has 0 saturated heterocycles. The lowest BCUT2D eigenvalue weighted by atomic mass is 9.99. The highest BCUT2D eigenvalue weighted by Gasteiger charge is 2.27. The monoisotopic (exact) mass is 403 g/mol. The van der Waals surface area contributed by atoms with E-state index in [1.807, 2.05) is 0 Å². The van der Waals surface area contributed by atoms with E-state index in [-0.39, 0.29) is 17.6 Å². The number of nitrogens with one attached hydrogen (secondary N) is 1. The van der Waals surface area contributed by atoms with Gasteiger partial charge in [0, 0.05) is 32.9 Å². The fraction of sp³-hybridized carbons (Fsp3) is 0.150. The number of halogens is 2. The summed E-state index contributed by atoms with van der Waals surface area (Å²) in [6.45, 7) is 1.36. The number of benzene rings is 2. The van der Waals surface area contributed by atoms with Crippen LogP contribution in [-0.2, 0) is 14.3 Å². The van der Waals surface area contributed by atoms with Gasteiger partial charge in [-0.3, -0.25) is 9.59 Å². The normalized spacial score (nSPS) is 15.5. The SMILES string of the molecule is C[C@H]1C(=O)Nc2ccc(C(=O)COC(=O)/C=C/c3c(Cl)cccc3Cl)cc21. The number of ketones is 1. The summed E-state index contributed by atoms with van der Waals surface area (Å²) in [6, 6.07) is 9.90. The number of ether oxygens (including phenoxy) is 1. The molecule has 0 radical (unpaired) electrons. The molecule has 0 saturated carbocycles. The molecular formula is C20H15Cl2NO4. The number of anilines is 1. The van der Waals surface area contributed by atoms with Crippen LogP contribution in [0.2, 0.25) is 10.0 Å². The summed E-state index contributed by atoms with van der Waals surface area (Å²) in [6.07, 6.45) is 2.60. The van der Waals surface area contributed by atoms with Gasteiger partial charge < -0.3 is 10.1 Å². The third kappa shape index (κ3) is 4.21. The standard InChI is InChI=1S/C20H15Cl2NO4/c1-11-14-9-12(5-7-17(14)23-20(11)26)18(24)10-27-19(25)8-6-13-15(21)3-2-4-16(13)22/h2-9,11H,10H2,1H3,(H,23,26)/b8-6+/t11-/m1/s1. The van der Waals surface area contributed by atoms with Crippen molar-refractivity contribution in [1.29, 1.82) is 0 Å². The van der Waals surface area contributed by atoms with Crippen LogP contribution in [0.25, 0.3) is 6.08 Å². The predicted molar refractivity (Wildman–Crippen MR) is 104 cm³/mol. The summed E-state index contributed by atoms with van der Waals surface area (Å²) in [5.41, 5.74) is 2.32. The number of amides is 1. The lowest BCUT2D eigenvalue weighted by Gasteiger charge is -2.06. The minimum absolute atomic E-state index is 0.107. The maximum Gasteiger partial charge on any atom is 0.331 e. The first-order valence-electron chi connectivity index (χ1n) is 8.13. The maximum atomic E-state index is 12.3. The van der Waals surface area contributed by atoms with Crippen LogP contribution in [0.3, 0.4) is 0 Å². The second-order valence-electron chi connectivity index (χ2n) is 6.01. The van der Waals surface area contributed by atoms with Crippen LogP contribution in [0.5, 0.6) is 0 Å². The Hall–Kier alpha value is -2.63. The Morgan fingerprint density at radius 1 is 1.19 bits per heavy atom. The van der Waals surface area contributed by atoms with Crippen LogP contribution in [0.4, 0.5) is 5.69 Å². The zero-order valence-electron chi connectivity index (χ0n) is 14.3. The smallest absolute Gasteiger partial charge is 0.331 e. The molecule has 1 aliphatic heterocycles. The third-order valence-electron chi connectivity index (χ3n) is 4.22. The van der Waals surface area contributed by atoms with Crippen LogP contribution >= 0.6 is 23.2 Å². The predicted octanol–water partition coefficient (Wildman–Crippen LogP) is 4.49. The molecule has 0 unspecified atom stereocenters. The molecule has 0 aliphatic carbocycles. The molecule has 0 spiro atoms. The highest BCUT2D eigenvalue weighted by atomic mass is 35.5. The van der Waals surface area contributed by atoms with E-state index in [9.17, 15) is 14.4 Å². The summed E-state index contributed by atoms with van der Waals surface area (Å²) in [5.74, 6) is -1.48. The summed E-state index contributed by atoms with van der Waals surface area (Å²) in [5, 5.41) is 3.54. The molecule has 1 heterocycles. The van der Waals surface area contributed by atoms with Gasteiger partial charge in [-0.25, -0.2) is 4.79 Å². The Balaban J connectivity index is 1.62. The van der Waals surface area contributed by atoms with Gasteiger partial charge in [-0.2, -0.15) is 0 Å². The molecule has 138 valence electrons. The molecule has 7 heteroatoms. The van der Waals surface area contributed by atoms with Crippen LogP contribution in [-0.4, -0.2) is 24.3 Å². The minimum atomic E-state index is -0.689. The Morgan fingerprint density at radius 2 is 1.89 bits per heavy atom. The molecule has 0 fully saturated rings. The topological polar surface area (TPSA) is 72.5 Å². The van der Waals surface area contributed by atoms with Crippen molar-refractivity contribution in [2.24, 2.45) is 0 Å². The summed E-state index contributed by atoms with van der Waals surface area (Å²) < 4.78 is 4.98. The first-order chi connectivity index (χ1) is 12.9. The quantitative estimate of drug-likeness (QED) is 0.453. The maximum absolute atomic E-state index is 12.3. The van der Waals surface area contributed by atoms with Gasteiger partial charge in [0.25, 0.3) is 0 Å². The Bertz CT molecular complexity index is 948. The van der Waals surface area contributed by atoms with Gasteiger partial charge in [0.2, 0.25) is 5.91 Å². The number of carbonyl (C=O) groups excluding carboxylic acids is 3. The number of rotatable bonds is 5. The second kappa shape index (κ2) is 7.94. The average Bonchev–Trinajstić information content (AvgIpc) is 2.93. The average molecular weight is 404 g/mol. The molecule has 1 amide bonds. The van der Waals surface area contributed by atoms with Crippen LogP contribution in [0.15, 0.2) is 42.5 Å². The van der Waals surface area contributed by atoms with E-state index in [4.69, 9.17) is 27.9 Å². The molecule has 3 rings (SSSR count). The van der Waals surface area contributed by atoms with Gasteiger partial charge in [0.05, 0.1) is 5.92 Å². The van der Waals surface area contributed by atoms with Gasteiger partial charge in [-0.1, -0.05) is 29.3 Å². The van der Waals surface area contributed by atoms with E-state index in [2.05, 4.69) is 5.32 Å². The fourth-order valence-corrected chi connectivity index (χ4v) is 3.20. The molecule has 27 heavy (non-hydrogen) atoms. The summed E-state index contributed by atoms with van der Waals surface area (Å²) in [7, 11) is 0. The van der Waals surface area contributed by atoms with Crippen molar-refractivity contribution in [3.63, 3.8) is 0 Å². The van der Waals surface area contributed by atoms with Crippen LogP contribution in [0, 0.1) is 0 Å². The van der Waals surface area contributed by atoms with E-state index in [1.54, 1.807) is 43.3 Å². The molecule has 1 N–H and O–H groups in total.